The Hall–Kier alpha value is -1.36. The van der Waals surface area contributed by atoms with Gasteiger partial charge in [0.05, 0.1) is 18.1 Å². The predicted molar refractivity (Wildman–Crippen MR) is 51.4 cm³/mol. The molecule has 76 valence electrons. The van der Waals surface area contributed by atoms with Crippen LogP contribution in [0.2, 0.25) is 0 Å². The molecule has 0 bridgehead atoms. The van der Waals surface area contributed by atoms with Crippen LogP contribution in [0, 0.1) is 0 Å². The molecule has 1 aromatic rings. The Kier molecular flexibility index (Phi) is 2.49. The molecule has 1 aromatic heterocycles. The second kappa shape index (κ2) is 3.79. The number of carbonyl (C=O) groups excluding carboxylic acids is 1. The molecule has 2 rings (SSSR count). The Bertz CT molecular complexity index is 323. The van der Waals surface area contributed by atoms with Crippen LogP contribution in [0.5, 0.6) is 0 Å². The standard InChI is InChI=1S/C9H14N4O/c10-3-8-4-11-6-13(8)7-1-2-9(14)12-5-7/h4,6-7H,1-3,5,10H2,(H,12,14). The van der Waals surface area contributed by atoms with E-state index in [1.165, 1.54) is 0 Å². The van der Waals surface area contributed by atoms with Crippen molar-refractivity contribution in [2.75, 3.05) is 6.54 Å². The van der Waals surface area contributed by atoms with E-state index in [2.05, 4.69) is 14.9 Å². The molecular weight excluding hydrogens is 180 g/mol. The van der Waals surface area contributed by atoms with Gasteiger partial charge in [-0.2, -0.15) is 0 Å². The number of imidazole rings is 1. The molecule has 5 nitrogen and oxygen atoms in total. The third-order valence-corrected chi connectivity index (χ3v) is 2.59. The number of hydrogen-bond acceptors (Lipinski definition) is 3. The van der Waals surface area contributed by atoms with Crippen molar-refractivity contribution >= 4 is 5.91 Å². The van der Waals surface area contributed by atoms with E-state index < -0.39 is 0 Å². The summed E-state index contributed by atoms with van der Waals surface area (Å²) in [5.74, 6) is 0.135. The highest BCUT2D eigenvalue weighted by Gasteiger charge is 2.20. The van der Waals surface area contributed by atoms with Gasteiger partial charge in [-0.1, -0.05) is 0 Å². The maximum absolute atomic E-state index is 11.0. The van der Waals surface area contributed by atoms with Gasteiger partial charge < -0.3 is 15.6 Å². The molecular formula is C9H14N4O. The summed E-state index contributed by atoms with van der Waals surface area (Å²) in [6, 6.07) is 0.314. The summed E-state index contributed by atoms with van der Waals surface area (Å²) < 4.78 is 2.06. The van der Waals surface area contributed by atoms with Crippen LogP contribution in [0.4, 0.5) is 0 Å². The van der Waals surface area contributed by atoms with E-state index >= 15 is 0 Å². The van der Waals surface area contributed by atoms with Crippen LogP contribution in [-0.2, 0) is 11.3 Å². The van der Waals surface area contributed by atoms with Crippen molar-refractivity contribution in [2.45, 2.75) is 25.4 Å². The van der Waals surface area contributed by atoms with E-state index in [1.807, 2.05) is 0 Å². The fraction of sp³-hybridized carbons (Fsp3) is 0.556. The Morgan fingerprint density at radius 1 is 1.71 bits per heavy atom. The average Bonchev–Trinajstić information content (AvgIpc) is 2.67. The number of nitrogens with two attached hydrogens (primary N) is 1. The Labute approximate surface area is 82.3 Å². The number of carbonyl (C=O) groups is 1. The van der Waals surface area contributed by atoms with Crippen molar-refractivity contribution in [3.8, 4) is 0 Å². The van der Waals surface area contributed by atoms with Crippen molar-refractivity contribution in [1.82, 2.24) is 14.9 Å². The van der Waals surface area contributed by atoms with Crippen molar-refractivity contribution < 1.29 is 4.79 Å². The van der Waals surface area contributed by atoms with Gasteiger partial charge >= 0.3 is 0 Å². The van der Waals surface area contributed by atoms with Crippen molar-refractivity contribution in [3.05, 3.63) is 18.2 Å². The topological polar surface area (TPSA) is 72.9 Å². The van der Waals surface area contributed by atoms with Crippen LogP contribution in [0.25, 0.3) is 0 Å². The van der Waals surface area contributed by atoms with E-state index in [-0.39, 0.29) is 5.91 Å². The molecule has 1 aliphatic heterocycles. The highest BCUT2D eigenvalue weighted by atomic mass is 16.1. The maximum Gasteiger partial charge on any atom is 0.220 e. The van der Waals surface area contributed by atoms with E-state index in [4.69, 9.17) is 5.73 Å². The van der Waals surface area contributed by atoms with Gasteiger partial charge in [-0.25, -0.2) is 4.98 Å². The smallest absolute Gasteiger partial charge is 0.220 e. The van der Waals surface area contributed by atoms with Crippen molar-refractivity contribution in [2.24, 2.45) is 5.73 Å². The maximum atomic E-state index is 11.0. The van der Waals surface area contributed by atoms with Gasteiger partial charge in [-0.3, -0.25) is 4.79 Å². The quantitative estimate of drug-likeness (QED) is 0.684. The lowest BCUT2D eigenvalue weighted by Crippen LogP contribution is -2.36. The molecule has 0 radical (unpaired) electrons. The van der Waals surface area contributed by atoms with E-state index in [9.17, 15) is 4.79 Å². The lowest BCUT2D eigenvalue weighted by atomic mass is 10.1. The monoisotopic (exact) mass is 194 g/mol. The first-order chi connectivity index (χ1) is 6.81. The van der Waals surface area contributed by atoms with Gasteiger partial charge in [-0.05, 0) is 6.42 Å². The second-order valence-electron chi connectivity index (χ2n) is 3.49. The molecule has 0 aliphatic carbocycles. The van der Waals surface area contributed by atoms with Gasteiger partial charge in [-0.15, -0.1) is 0 Å². The van der Waals surface area contributed by atoms with Gasteiger partial charge in [0.15, 0.2) is 0 Å². The summed E-state index contributed by atoms with van der Waals surface area (Å²) in [4.78, 5) is 15.0. The largest absolute Gasteiger partial charge is 0.354 e. The Morgan fingerprint density at radius 2 is 2.57 bits per heavy atom. The molecule has 5 heteroatoms. The number of nitrogens with one attached hydrogen (secondary N) is 1. The number of hydrogen-bond donors (Lipinski definition) is 2. The lowest BCUT2D eigenvalue weighted by Gasteiger charge is -2.24. The van der Waals surface area contributed by atoms with Crippen molar-refractivity contribution in [3.63, 3.8) is 0 Å². The molecule has 1 amide bonds. The van der Waals surface area contributed by atoms with E-state index in [1.54, 1.807) is 12.5 Å². The molecule has 1 atom stereocenters. The average molecular weight is 194 g/mol. The first kappa shape index (κ1) is 9.21. The summed E-state index contributed by atoms with van der Waals surface area (Å²) in [7, 11) is 0. The second-order valence-corrected chi connectivity index (χ2v) is 3.49. The number of piperidine rings is 1. The number of aromatic nitrogens is 2. The zero-order valence-corrected chi connectivity index (χ0v) is 7.94. The molecule has 1 fully saturated rings. The molecule has 3 N–H and O–H groups in total. The van der Waals surface area contributed by atoms with Crippen LogP contribution in [0.3, 0.4) is 0 Å². The van der Waals surface area contributed by atoms with Crippen LogP contribution in [0.1, 0.15) is 24.6 Å². The van der Waals surface area contributed by atoms with Gasteiger partial charge in [0, 0.05) is 25.7 Å². The third kappa shape index (κ3) is 1.63. The normalized spacial score (nSPS) is 22.1. The van der Waals surface area contributed by atoms with Crippen LogP contribution >= 0.6 is 0 Å². The molecule has 0 aromatic carbocycles. The van der Waals surface area contributed by atoms with Gasteiger partial charge in [0.1, 0.15) is 0 Å². The van der Waals surface area contributed by atoms with Gasteiger partial charge in [0.2, 0.25) is 5.91 Å². The fourth-order valence-corrected chi connectivity index (χ4v) is 1.78. The third-order valence-electron chi connectivity index (χ3n) is 2.59. The SMILES string of the molecule is NCc1cncn1C1CCC(=O)NC1. The van der Waals surface area contributed by atoms with Crippen molar-refractivity contribution in [1.29, 1.82) is 0 Å². The van der Waals surface area contributed by atoms with Crippen LogP contribution in [0.15, 0.2) is 12.5 Å². The minimum Gasteiger partial charge on any atom is -0.354 e. The summed E-state index contributed by atoms with van der Waals surface area (Å²) in [6.07, 6.45) is 5.02. The van der Waals surface area contributed by atoms with E-state index in [0.717, 1.165) is 12.1 Å². The predicted octanol–water partition coefficient (Wildman–Crippen LogP) is -0.207. The molecule has 14 heavy (non-hydrogen) atoms. The van der Waals surface area contributed by atoms with Crippen LogP contribution < -0.4 is 11.1 Å². The lowest BCUT2D eigenvalue weighted by molar-refractivity contribution is -0.122. The summed E-state index contributed by atoms with van der Waals surface area (Å²) in [5.41, 5.74) is 6.60. The minimum atomic E-state index is 0.135. The first-order valence-electron chi connectivity index (χ1n) is 4.78. The number of nitrogens with zero attached hydrogens (tertiary/aromatic N) is 2. The molecule has 0 saturated carbocycles. The molecule has 0 spiro atoms. The Morgan fingerprint density at radius 3 is 3.21 bits per heavy atom. The molecule has 1 saturated heterocycles. The summed E-state index contributed by atoms with van der Waals surface area (Å²) in [5, 5.41) is 2.84. The number of rotatable bonds is 2. The highest BCUT2D eigenvalue weighted by molar-refractivity contribution is 5.76. The van der Waals surface area contributed by atoms with Gasteiger partial charge in [0.25, 0.3) is 0 Å². The first-order valence-corrected chi connectivity index (χ1v) is 4.78. The fourth-order valence-electron chi connectivity index (χ4n) is 1.78. The highest BCUT2D eigenvalue weighted by Crippen LogP contribution is 2.18. The summed E-state index contributed by atoms with van der Waals surface area (Å²) >= 11 is 0. The molecule has 2 heterocycles. The number of amides is 1. The minimum absolute atomic E-state index is 0.135. The molecule has 1 unspecified atom stereocenters. The Balaban J connectivity index is 2.11. The summed E-state index contributed by atoms with van der Waals surface area (Å²) in [6.45, 7) is 1.17. The van der Waals surface area contributed by atoms with Crippen LogP contribution in [-0.4, -0.2) is 22.0 Å². The van der Waals surface area contributed by atoms with E-state index in [0.29, 0.717) is 25.6 Å². The zero-order chi connectivity index (χ0) is 9.97. The molecule has 1 aliphatic rings. The zero-order valence-electron chi connectivity index (χ0n) is 7.94.